The Morgan fingerprint density at radius 2 is 1.86 bits per heavy atom. The van der Waals surface area contributed by atoms with Gasteiger partial charge in [-0.3, -0.25) is 14.5 Å². The van der Waals surface area contributed by atoms with Gasteiger partial charge in [0, 0.05) is 5.69 Å². The molecule has 152 valence electrons. The molecule has 4 amide bonds. The number of nitrogens with zero attached hydrogens (tertiary/aromatic N) is 1. The van der Waals surface area contributed by atoms with E-state index in [-0.39, 0.29) is 5.69 Å². The number of benzene rings is 2. The minimum atomic E-state index is -1.38. The summed E-state index contributed by atoms with van der Waals surface area (Å²) in [6, 6.07) is 9.45. The van der Waals surface area contributed by atoms with E-state index in [1.807, 2.05) is 0 Å². The van der Waals surface area contributed by atoms with Gasteiger partial charge in [-0.1, -0.05) is 12.1 Å². The Labute approximate surface area is 166 Å². The van der Waals surface area contributed by atoms with E-state index in [1.54, 1.807) is 25.1 Å². The van der Waals surface area contributed by atoms with Crippen LogP contribution in [0.2, 0.25) is 0 Å². The predicted molar refractivity (Wildman–Crippen MR) is 102 cm³/mol. The van der Waals surface area contributed by atoms with Crippen LogP contribution in [-0.2, 0) is 15.1 Å². The topological polar surface area (TPSA) is 97.0 Å². The Balaban J connectivity index is 1.79. The lowest BCUT2D eigenvalue weighted by Crippen LogP contribution is -2.42. The van der Waals surface area contributed by atoms with Gasteiger partial charge in [0.2, 0.25) is 5.91 Å². The minimum Gasteiger partial charge on any atom is -0.493 e. The van der Waals surface area contributed by atoms with E-state index in [9.17, 15) is 18.8 Å². The second-order valence-electron chi connectivity index (χ2n) is 6.57. The molecule has 3 rings (SSSR count). The zero-order valence-electron chi connectivity index (χ0n) is 16.1. The first kappa shape index (κ1) is 20.1. The highest BCUT2D eigenvalue weighted by Crippen LogP contribution is 2.35. The van der Waals surface area contributed by atoms with Crippen molar-refractivity contribution in [3.8, 4) is 11.5 Å². The Kier molecular flexibility index (Phi) is 5.40. The van der Waals surface area contributed by atoms with Crippen molar-refractivity contribution in [1.82, 2.24) is 10.2 Å². The van der Waals surface area contributed by atoms with Crippen molar-refractivity contribution < 1.29 is 28.2 Å². The first-order valence-corrected chi connectivity index (χ1v) is 8.70. The quantitative estimate of drug-likeness (QED) is 0.724. The van der Waals surface area contributed by atoms with Gasteiger partial charge < -0.3 is 20.1 Å². The number of imide groups is 1. The molecule has 9 heteroatoms. The number of ether oxygens (including phenoxy) is 2. The van der Waals surface area contributed by atoms with E-state index in [4.69, 9.17) is 9.47 Å². The van der Waals surface area contributed by atoms with Crippen molar-refractivity contribution in [3.63, 3.8) is 0 Å². The smallest absolute Gasteiger partial charge is 0.325 e. The highest BCUT2D eigenvalue weighted by molar-refractivity contribution is 6.10. The van der Waals surface area contributed by atoms with Gasteiger partial charge in [-0.2, -0.15) is 0 Å². The third-order valence-electron chi connectivity index (χ3n) is 4.65. The standard InChI is InChI=1S/C20H20FN3O5/c1-20(12-7-8-15(28-2)16(9-12)29-3)18(26)24(19(27)23-20)11-17(25)22-14-6-4-5-13(21)10-14/h4-10H,11H2,1-3H3,(H,22,25)(H,23,27). The lowest BCUT2D eigenvalue weighted by Gasteiger charge is -2.23. The number of amides is 4. The van der Waals surface area contributed by atoms with Crippen LogP contribution in [0.3, 0.4) is 0 Å². The summed E-state index contributed by atoms with van der Waals surface area (Å²) in [5.41, 5.74) is -0.679. The van der Waals surface area contributed by atoms with Crippen LogP contribution in [0.5, 0.6) is 11.5 Å². The Hall–Kier alpha value is -3.62. The zero-order chi connectivity index (χ0) is 21.2. The number of halogens is 1. The van der Waals surface area contributed by atoms with Gasteiger partial charge in [0.15, 0.2) is 11.5 Å². The molecule has 2 aromatic carbocycles. The van der Waals surface area contributed by atoms with E-state index in [0.29, 0.717) is 17.1 Å². The van der Waals surface area contributed by atoms with Crippen LogP contribution in [0.4, 0.5) is 14.9 Å². The Morgan fingerprint density at radius 3 is 2.52 bits per heavy atom. The molecule has 8 nitrogen and oxygen atoms in total. The number of anilines is 1. The number of carbonyl (C=O) groups excluding carboxylic acids is 3. The lowest BCUT2D eigenvalue weighted by molar-refractivity contribution is -0.133. The van der Waals surface area contributed by atoms with E-state index in [1.165, 1.54) is 32.4 Å². The maximum Gasteiger partial charge on any atom is 0.325 e. The molecule has 0 bridgehead atoms. The molecule has 0 spiro atoms. The van der Waals surface area contributed by atoms with Crippen LogP contribution in [0.1, 0.15) is 12.5 Å². The number of urea groups is 1. The molecule has 1 aliphatic rings. The minimum absolute atomic E-state index is 0.227. The van der Waals surface area contributed by atoms with Crippen molar-refractivity contribution in [3.05, 3.63) is 53.8 Å². The maximum absolute atomic E-state index is 13.3. The SMILES string of the molecule is COc1ccc(C2(C)NC(=O)N(CC(=O)Nc3cccc(F)c3)C2=O)cc1OC. The Morgan fingerprint density at radius 1 is 1.14 bits per heavy atom. The lowest BCUT2D eigenvalue weighted by atomic mass is 9.91. The van der Waals surface area contributed by atoms with Crippen LogP contribution in [-0.4, -0.2) is 43.5 Å². The third kappa shape index (κ3) is 3.84. The zero-order valence-corrected chi connectivity index (χ0v) is 16.1. The molecule has 0 aromatic heterocycles. The number of hydrogen-bond acceptors (Lipinski definition) is 5. The van der Waals surface area contributed by atoms with Crippen LogP contribution < -0.4 is 20.1 Å². The number of rotatable bonds is 6. The van der Waals surface area contributed by atoms with Crippen molar-refractivity contribution >= 4 is 23.5 Å². The summed E-state index contributed by atoms with van der Waals surface area (Å²) in [5.74, 6) is -0.864. The third-order valence-corrected chi connectivity index (χ3v) is 4.65. The second kappa shape index (κ2) is 7.78. The van der Waals surface area contributed by atoms with Gasteiger partial charge in [-0.05, 0) is 42.8 Å². The fourth-order valence-corrected chi connectivity index (χ4v) is 3.09. The summed E-state index contributed by atoms with van der Waals surface area (Å²) in [5, 5.41) is 5.08. The molecule has 2 N–H and O–H groups in total. The fraction of sp³-hybridized carbons (Fsp3) is 0.250. The van der Waals surface area contributed by atoms with Gasteiger partial charge in [0.05, 0.1) is 14.2 Å². The van der Waals surface area contributed by atoms with Crippen molar-refractivity contribution in [1.29, 1.82) is 0 Å². The van der Waals surface area contributed by atoms with Gasteiger partial charge in [-0.15, -0.1) is 0 Å². The molecular formula is C20H20FN3O5. The number of carbonyl (C=O) groups is 3. The number of hydrogen-bond donors (Lipinski definition) is 2. The molecule has 1 fully saturated rings. The molecule has 1 aliphatic heterocycles. The van der Waals surface area contributed by atoms with Gasteiger partial charge >= 0.3 is 6.03 Å². The average molecular weight is 401 g/mol. The van der Waals surface area contributed by atoms with Gasteiger partial charge in [0.25, 0.3) is 5.91 Å². The van der Waals surface area contributed by atoms with Crippen molar-refractivity contribution in [2.45, 2.75) is 12.5 Å². The number of methoxy groups -OCH3 is 2. The van der Waals surface area contributed by atoms with Crippen molar-refractivity contribution in [2.24, 2.45) is 0 Å². The van der Waals surface area contributed by atoms with E-state index < -0.39 is 35.7 Å². The predicted octanol–water partition coefficient (Wildman–Crippen LogP) is 2.25. The summed E-state index contributed by atoms with van der Waals surface area (Å²) in [7, 11) is 2.95. The molecule has 29 heavy (non-hydrogen) atoms. The van der Waals surface area contributed by atoms with E-state index >= 15 is 0 Å². The molecule has 0 aliphatic carbocycles. The van der Waals surface area contributed by atoms with Crippen LogP contribution in [0, 0.1) is 5.82 Å². The highest BCUT2D eigenvalue weighted by atomic mass is 19.1. The molecule has 1 atom stereocenters. The maximum atomic E-state index is 13.3. The Bertz CT molecular complexity index is 980. The summed E-state index contributed by atoms with van der Waals surface area (Å²) in [4.78, 5) is 38.4. The van der Waals surface area contributed by atoms with Crippen molar-refractivity contribution in [2.75, 3.05) is 26.1 Å². The van der Waals surface area contributed by atoms with Gasteiger partial charge in [0.1, 0.15) is 17.9 Å². The normalized spacial score (nSPS) is 18.4. The molecular weight excluding hydrogens is 381 g/mol. The molecule has 1 unspecified atom stereocenters. The van der Waals surface area contributed by atoms with Crippen LogP contribution >= 0.6 is 0 Å². The summed E-state index contributed by atoms with van der Waals surface area (Å²) in [6.45, 7) is 1.03. The fourth-order valence-electron chi connectivity index (χ4n) is 3.09. The molecule has 1 saturated heterocycles. The largest absolute Gasteiger partial charge is 0.493 e. The first-order chi connectivity index (χ1) is 13.8. The van der Waals surface area contributed by atoms with E-state index in [2.05, 4.69) is 10.6 Å². The molecule has 2 aromatic rings. The number of nitrogens with one attached hydrogen (secondary N) is 2. The summed E-state index contributed by atoms with van der Waals surface area (Å²) in [6.07, 6.45) is 0. The molecule has 1 heterocycles. The second-order valence-corrected chi connectivity index (χ2v) is 6.57. The van der Waals surface area contributed by atoms with Crippen LogP contribution in [0.25, 0.3) is 0 Å². The van der Waals surface area contributed by atoms with Gasteiger partial charge in [-0.25, -0.2) is 9.18 Å². The first-order valence-electron chi connectivity index (χ1n) is 8.70. The summed E-state index contributed by atoms with van der Waals surface area (Å²) >= 11 is 0. The average Bonchev–Trinajstić information content (AvgIpc) is 2.91. The highest BCUT2D eigenvalue weighted by Gasteiger charge is 2.49. The monoisotopic (exact) mass is 401 g/mol. The summed E-state index contributed by atoms with van der Waals surface area (Å²) < 4.78 is 23.7. The van der Waals surface area contributed by atoms with Crippen LogP contribution in [0.15, 0.2) is 42.5 Å². The molecule has 0 saturated carbocycles. The molecule has 0 radical (unpaired) electrons. The van der Waals surface area contributed by atoms with E-state index in [0.717, 1.165) is 11.0 Å².